The molecule has 0 aliphatic heterocycles. The number of hydrogen-bond donors (Lipinski definition) is 0. The van der Waals surface area contributed by atoms with Gasteiger partial charge in [0.15, 0.2) is 6.61 Å². The van der Waals surface area contributed by atoms with Crippen LogP contribution in [-0.2, 0) is 6.61 Å². The summed E-state index contributed by atoms with van der Waals surface area (Å²) in [5, 5.41) is 8.10. The molecule has 0 amide bonds. The molecule has 128 valence electrons. The van der Waals surface area contributed by atoms with Gasteiger partial charge in [0.1, 0.15) is 17.2 Å². The molecule has 0 fully saturated rings. The molecule has 0 unspecified atom stereocenters. The molecule has 1 heterocycles. The summed E-state index contributed by atoms with van der Waals surface area (Å²) >= 11 is 0. The standard InChI is InChI=1S/C21H16N2O3/c1-3-7-17(8-4-1)24-15-20-22-23-21(26-20)16-11-13-19(14-12-16)25-18-9-5-2-6-10-18/h1-14H,15H2. The van der Waals surface area contributed by atoms with Crippen molar-refractivity contribution in [2.24, 2.45) is 0 Å². The summed E-state index contributed by atoms with van der Waals surface area (Å²) < 4.78 is 17.0. The highest BCUT2D eigenvalue weighted by Gasteiger charge is 2.09. The monoisotopic (exact) mass is 344 g/mol. The fourth-order valence-electron chi connectivity index (χ4n) is 2.38. The molecule has 0 bridgehead atoms. The smallest absolute Gasteiger partial charge is 0.254 e. The SMILES string of the molecule is c1ccc(OCc2nnc(-c3ccc(Oc4ccccc4)cc3)o2)cc1. The van der Waals surface area contributed by atoms with Crippen LogP contribution in [0.3, 0.4) is 0 Å². The van der Waals surface area contributed by atoms with E-state index in [4.69, 9.17) is 13.9 Å². The van der Waals surface area contributed by atoms with Crippen molar-refractivity contribution < 1.29 is 13.9 Å². The van der Waals surface area contributed by atoms with Gasteiger partial charge in [-0.15, -0.1) is 10.2 Å². The molecule has 0 spiro atoms. The van der Waals surface area contributed by atoms with Gasteiger partial charge < -0.3 is 13.9 Å². The van der Waals surface area contributed by atoms with Gasteiger partial charge in [0, 0.05) is 5.56 Å². The van der Waals surface area contributed by atoms with Crippen molar-refractivity contribution in [3.63, 3.8) is 0 Å². The molecular weight excluding hydrogens is 328 g/mol. The van der Waals surface area contributed by atoms with E-state index in [0.29, 0.717) is 11.8 Å². The molecule has 0 radical (unpaired) electrons. The predicted octanol–water partition coefficient (Wildman–Crippen LogP) is 5.11. The zero-order valence-electron chi connectivity index (χ0n) is 13.9. The van der Waals surface area contributed by atoms with Crippen molar-refractivity contribution in [3.05, 3.63) is 90.8 Å². The molecule has 4 rings (SSSR count). The Morgan fingerprint density at radius 2 is 1.27 bits per heavy atom. The van der Waals surface area contributed by atoms with Gasteiger partial charge in [-0.2, -0.15) is 0 Å². The summed E-state index contributed by atoms with van der Waals surface area (Å²) in [5.41, 5.74) is 0.823. The van der Waals surface area contributed by atoms with Crippen molar-refractivity contribution >= 4 is 0 Å². The Balaban J connectivity index is 1.41. The Bertz CT molecular complexity index is 951. The van der Waals surface area contributed by atoms with Crippen LogP contribution in [0.15, 0.2) is 89.3 Å². The lowest BCUT2D eigenvalue weighted by Crippen LogP contribution is -1.95. The molecular formula is C21H16N2O3. The van der Waals surface area contributed by atoms with E-state index in [1.165, 1.54) is 0 Å². The van der Waals surface area contributed by atoms with Gasteiger partial charge in [0.25, 0.3) is 5.89 Å². The number of nitrogens with zero attached hydrogens (tertiary/aromatic N) is 2. The van der Waals surface area contributed by atoms with Crippen molar-refractivity contribution in [2.75, 3.05) is 0 Å². The van der Waals surface area contributed by atoms with Crippen LogP contribution in [0.2, 0.25) is 0 Å². The van der Waals surface area contributed by atoms with Gasteiger partial charge in [0.05, 0.1) is 0 Å². The lowest BCUT2D eigenvalue weighted by Gasteiger charge is -2.05. The maximum Gasteiger partial charge on any atom is 0.254 e. The van der Waals surface area contributed by atoms with Crippen molar-refractivity contribution in [1.82, 2.24) is 10.2 Å². The first kappa shape index (κ1) is 15.9. The number of hydrogen-bond acceptors (Lipinski definition) is 5. The fourth-order valence-corrected chi connectivity index (χ4v) is 2.38. The molecule has 0 saturated heterocycles. The maximum atomic E-state index is 5.78. The first-order chi connectivity index (χ1) is 12.9. The molecule has 3 aromatic carbocycles. The maximum absolute atomic E-state index is 5.78. The average molecular weight is 344 g/mol. The molecule has 0 aliphatic rings. The highest BCUT2D eigenvalue weighted by Crippen LogP contribution is 2.25. The quantitative estimate of drug-likeness (QED) is 0.486. The minimum Gasteiger partial charge on any atom is -0.484 e. The van der Waals surface area contributed by atoms with E-state index >= 15 is 0 Å². The summed E-state index contributed by atoms with van der Waals surface area (Å²) in [4.78, 5) is 0. The third kappa shape index (κ3) is 3.89. The Labute approximate surface area is 150 Å². The van der Waals surface area contributed by atoms with Crippen molar-refractivity contribution in [2.45, 2.75) is 6.61 Å². The number of para-hydroxylation sites is 2. The molecule has 0 N–H and O–H groups in total. The first-order valence-corrected chi connectivity index (χ1v) is 8.20. The summed E-state index contributed by atoms with van der Waals surface area (Å²) in [6.07, 6.45) is 0. The van der Waals surface area contributed by atoms with Crippen LogP contribution in [0.1, 0.15) is 5.89 Å². The highest BCUT2D eigenvalue weighted by atomic mass is 16.5. The van der Waals surface area contributed by atoms with Crippen LogP contribution in [-0.4, -0.2) is 10.2 Å². The molecule has 0 saturated carbocycles. The van der Waals surface area contributed by atoms with Crippen molar-refractivity contribution in [3.8, 4) is 28.7 Å². The minimum atomic E-state index is 0.228. The number of benzene rings is 3. The number of ether oxygens (including phenoxy) is 2. The van der Waals surface area contributed by atoms with Crippen LogP contribution in [0.25, 0.3) is 11.5 Å². The predicted molar refractivity (Wildman–Crippen MR) is 97.0 cm³/mol. The van der Waals surface area contributed by atoms with E-state index in [1.54, 1.807) is 0 Å². The normalized spacial score (nSPS) is 10.5. The zero-order valence-corrected chi connectivity index (χ0v) is 13.9. The van der Waals surface area contributed by atoms with Crippen LogP contribution < -0.4 is 9.47 Å². The molecule has 5 nitrogen and oxygen atoms in total. The summed E-state index contributed by atoms with van der Waals surface area (Å²) in [6, 6.07) is 26.6. The molecule has 1 aromatic heterocycles. The summed E-state index contributed by atoms with van der Waals surface area (Å²) in [7, 11) is 0. The van der Waals surface area contributed by atoms with Crippen LogP contribution >= 0.6 is 0 Å². The van der Waals surface area contributed by atoms with Crippen LogP contribution in [0.4, 0.5) is 0 Å². The van der Waals surface area contributed by atoms with Crippen LogP contribution in [0, 0.1) is 0 Å². The van der Waals surface area contributed by atoms with E-state index in [2.05, 4.69) is 10.2 Å². The summed E-state index contributed by atoms with van der Waals surface area (Å²) in [5.74, 6) is 3.16. The van der Waals surface area contributed by atoms with E-state index in [1.807, 2.05) is 84.9 Å². The van der Waals surface area contributed by atoms with Gasteiger partial charge in [0.2, 0.25) is 5.89 Å². The number of rotatable bonds is 6. The first-order valence-electron chi connectivity index (χ1n) is 8.20. The van der Waals surface area contributed by atoms with E-state index in [-0.39, 0.29) is 6.61 Å². The largest absolute Gasteiger partial charge is 0.484 e. The van der Waals surface area contributed by atoms with Crippen LogP contribution in [0.5, 0.6) is 17.2 Å². The Kier molecular flexibility index (Phi) is 4.60. The van der Waals surface area contributed by atoms with Crippen molar-refractivity contribution in [1.29, 1.82) is 0 Å². The van der Waals surface area contributed by atoms with E-state index in [9.17, 15) is 0 Å². The molecule has 0 atom stereocenters. The molecule has 0 aliphatic carbocycles. The molecule has 4 aromatic rings. The number of aromatic nitrogens is 2. The Morgan fingerprint density at radius 3 is 1.96 bits per heavy atom. The topological polar surface area (TPSA) is 57.4 Å². The molecule has 26 heavy (non-hydrogen) atoms. The fraction of sp³-hybridized carbons (Fsp3) is 0.0476. The van der Waals surface area contributed by atoms with Gasteiger partial charge in [-0.25, -0.2) is 0 Å². The third-order valence-electron chi connectivity index (χ3n) is 3.65. The van der Waals surface area contributed by atoms with Gasteiger partial charge in [-0.1, -0.05) is 36.4 Å². The van der Waals surface area contributed by atoms with Gasteiger partial charge >= 0.3 is 0 Å². The summed E-state index contributed by atoms with van der Waals surface area (Å²) in [6.45, 7) is 0.228. The average Bonchev–Trinajstić information content (AvgIpc) is 3.18. The lowest BCUT2D eigenvalue weighted by molar-refractivity contribution is 0.264. The second kappa shape index (κ2) is 7.53. The zero-order chi connectivity index (χ0) is 17.6. The lowest BCUT2D eigenvalue weighted by atomic mass is 10.2. The minimum absolute atomic E-state index is 0.228. The van der Waals surface area contributed by atoms with E-state index in [0.717, 1.165) is 22.8 Å². The van der Waals surface area contributed by atoms with Gasteiger partial charge in [-0.05, 0) is 48.5 Å². The van der Waals surface area contributed by atoms with E-state index < -0.39 is 0 Å². The highest BCUT2D eigenvalue weighted by molar-refractivity contribution is 5.54. The second-order valence-electron chi connectivity index (χ2n) is 5.54. The molecule has 5 heteroatoms. The second-order valence-corrected chi connectivity index (χ2v) is 5.54. The van der Waals surface area contributed by atoms with Gasteiger partial charge in [-0.3, -0.25) is 0 Å². The Morgan fingerprint density at radius 1 is 0.654 bits per heavy atom. The Hall–Kier alpha value is -3.60. The third-order valence-corrected chi connectivity index (χ3v) is 3.65.